The number of benzene rings is 2. The molecular weight excluding hydrogens is 400 g/mol. The van der Waals surface area contributed by atoms with Crippen molar-refractivity contribution in [2.24, 2.45) is 0 Å². The van der Waals surface area contributed by atoms with E-state index in [1.807, 2.05) is 46.8 Å². The molecule has 32 heavy (non-hydrogen) atoms. The lowest BCUT2D eigenvalue weighted by atomic mass is 10.0. The molecule has 0 saturated carbocycles. The zero-order valence-electron chi connectivity index (χ0n) is 20.4. The van der Waals surface area contributed by atoms with Crippen molar-refractivity contribution in [3.63, 3.8) is 0 Å². The van der Waals surface area contributed by atoms with Gasteiger partial charge in [-0.05, 0) is 52.2 Å². The number of rotatable bonds is 8. The summed E-state index contributed by atoms with van der Waals surface area (Å²) in [5.41, 5.74) is 1.40. The van der Waals surface area contributed by atoms with Crippen LogP contribution in [0.1, 0.15) is 59.1 Å². The molecule has 0 aliphatic carbocycles. The lowest BCUT2D eigenvalue weighted by Crippen LogP contribution is -2.54. The number of hydrogen-bond acceptors (Lipinski definition) is 4. The predicted molar refractivity (Wildman–Crippen MR) is 128 cm³/mol. The minimum Gasteiger partial charge on any atom is -0.445 e. The van der Waals surface area contributed by atoms with Crippen molar-refractivity contribution in [3.05, 3.63) is 71.8 Å². The van der Waals surface area contributed by atoms with E-state index < -0.39 is 11.3 Å². The number of hydrogen-bond donors (Lipinski definition) is 0. The Kier molecular flexibility index (Phi) is 7.63. The van der Waals surface area contributed by atoms with Crippen LogP contribution in [0.2, 0.25) is 0 Å². The quantitative estimate of drug-likeness (QED) is 0.519. The van der Waals surface area contributed by atoms with Crippen LogP contribution in [0.5, 0.6) is 0 Å². The number of ether oxygens (including phenoxy) is 2. The molecule has 5 heteroatoms. The van der Waals surface area contributed by atoms with E-state index in [-0.39, 0.29) is 18.2 Å². The predicted octanol–water partition coefficient (Wildman–Crippen LogP) is 5.84. The van der Waals surface area contributed by atoms with Crippen LogP contribution in [0.4, 0.5) is 4.79 Å². The average molecular weight is 439 g/mol. The largest absolute Gasteiger partial charge is 0.445 e. The van der Waals surface area contributed by atoms with Gasteiger partial charge in [-0.25, -0.2) is 4.79 Å². The van der Waals surface area contributed by atoms with Gasteiger partial charge in [-0.2, -0.15) is 0 Å². The third-order valence-electron chi connectivity index (χ3n) is 6.28. The highest BCUT2D eigenvalue weighted by atomic mass is 16.6. The summed E-state index contributed by atoms with van der Waals surface area (Å²) in [5.74, 6) is 0. The van der Waals surface area contributed by atoms with Crippen LogP contribution in [0.25, 0.3) is 0 Å². The molecule has 1 fully saturated rings. The Bertz CT molecular complexity index is 809. The van der Waals surface area contributed by atoms with E-state index in [1.54, 1.807) is 4.90 Å². The van der Waals surface area contributed by atoms with Crippen molar-refractivity contribution < 1.29 is 14.3 Å². The highest BCUT2D eigenvalue weighted by molar-refractivity contribution is 5.70. The normalized spacial score (nSPS) is 19.0. The summed E-state index contributed by atoms with van der Waals surface area (Å²) in [4.78, 5) is 17.4. The first kappa shape index (κ1) is 24.3. The van der Waals surface area contributed by atoms with Gasteiger partial charge in [0.1, 0.15) is 11.8 Å². The van der Waals surface area contributed by atoms with Crippen molar-refractivity contribution in [1.29, 1.82) is 0 Å². The third kappa shape index (κ3) is 5.70. The van der Waals surface area contributed by atoms with Gasteiger partial charge >= 0.3 is 6.09 Å². The first-order valence-electron chi connectivity index (χ1n) is 11.6. The minimum atomic E-state index is -0.685. The fourth-order valence-electron chi connectivity index (χ4n) is 4.78. The lowest BCUT2D eigenvalue weighted by molar-refractivity contribution is -0.0653. The molecule has 1 amide bonds. The number of nitrogens with zero attached hydrogens (tertiary/aromatic N) is 2. The van der Waals surface area contributed by atoms with Gasteiger partial charge in [0.25, 0.3) is 0 Å². The standard InChI is InChI=1S/C27H38N2O3/c1-7-24(21(2)32-25(30)29-26(3,4)20-31-27(29,5)6)28(18-22-14-10-8-11-15-22)19-23-16-12-9-13-17-23/h8-17,21,24H,7,18-20H2,1-6H3/t21-,24-/m1/s1. The molecular formula is C27H38N2O3. The molecule has 1 heterocycles. The molecule has 2 aromatic carbocycles. The molecule has 2 aromatic rings. The average Bonchev–Trinajstić information content (AvgIpc) is 2.97. The van der Waals surface area contributed by atoms with Crippen molar-refractivity contribution >= 4 is 6.09 Å². The maximum Gasteiger partial charge on any atom is 0.412 e. The number of amides is 1. The van der Waals surface area contributed by atoms with Gasteiger partial charge in [0.05, 0.1) is 12.1 Å². The summed E-state index contributed by atoms with van der Waals surface area (Å²) in [6, 6.07) is 21.0. The first-order chi connectivity index (χ1) is 15.1. The molecule has 174 valence electrons. The molecule has 0 radical (unpaired) electrons. The molecule has 5 nitrogen and oxygen atoms in total. The molecule has 0 spiro atoms. The minimum absolute atomic E-state index is 0.0779. The van der Waals surface area contributed by atoms with E-state index in [2.05, 4.69) is 60.4 Å². The molecule has 0 bridgehead atoms. The summed E-state index contributed by atoms with van der Waals surface area (Å²) in [6.45, 7) is 14.1. The second-order valence-electron chi connectivity index (χ2n) is 9.82. The number of carbonyl (C=O) groups is 1. The summed E-state index contributed by atoms with van der Waals surface area (Å²) in [7, 11) is 0. The van der Waals surface area contributed by atoms with Crippen LogP contribution >= 0.6 is 0 Å². The molecule has 1 aliphatic rings. The van der Waals surface area contributed by atoms with E-state index in [9.17, 15) is 4.79 Å². The van der Waals surface area contributed by atoms with Crippen molar-refractivity contribution in [2.45, 2.75) is 84.5 Å². The van der Waals surface area contributed by atoms with Crippen LogP contribution in [-0.2, 0) is 22.6 Å². The number of carbonyl (C=O) groups excluding carboxylic acids is 1. The Morgan fingerprint density at radius 3 is 1.91 bits per heavy atom. The topological polar surface area (TPSA) is 42.0 Å². The summed E-state index contributed by atoms with van der Waals surface area (Å²) in [5, 5.41) is 0. The van der Waals surface area contributed by atoms with Gasteiger partial charge in [0.15, 0.2) is 0 Å². The summed E-state index contributed by atoms with van der Waals surface area (Å²) in [6.07, 6.45) is 0.284. The fraction of sp³-hybridized carbons (Fsp3) is 0.519. The molecule has 1 saturated heterocycles. The second-order valence-corrected chi connectivity index (χ2v) is 9.82. The third-order valence-corrected chi connectivity index (χ3v) is 6.28. The van der Waals surface area contributed by atoms with Crippen molar-refractivity contribution in [2.75, 3.05) is 6.61 Å². The van der Waals surface area contributed by atoms with Crippen molar-refractivity contribution in [3.8, 4) is 0 Å². The van der Waals surface area contributed by atoms with Crippen LogP contribution in [0, 0.1) is 0 Å². The monoisotopic (exact) mass is 438 g/mol. The summed E-state index contributed by atoms with van der Waals surface area (Å²) >= 11 is 0. The van der Waals surface area contributed by atoms with Crippen LogP contribution < -0.4 is 0 Å². The Morgan fingerprint density at radius 2 is 1.50 bits per heavy atom. The van der Waals surface area contributed by atoms with Gasteiger partial charge in [-0.15, -0.1) is 0 Å². The molecule has 0 N–H and O–H groups in total. The van der Waals surface area contributed by atoms with E-state index in [0.717, 1.165) is 19.5 Å². The first-order valence-corrected chi connectivity index (χ1v) is 11.6. The van der Waals surface area contributed by atoms with Crippen LogP contribution in [0.3, 0.4) is 0 Å². The lowest BCUT2D eigenvalue weighted by Gasteiger charge is -2.40. The van der Waals surface area contributed by atoms with Gasteiger partial charge in [-0.1, -0.05) is 67.6 Å². The summed E-state index contributed by atoms with van der Waals surface area (Å²) < 4.78 is 12.0. The van der Waals surface area contributed by atoms with Crippen LogP contribution in [-0.4, -0.2) is 45.9 Å². The van der Waals surface area contributed by atoms with Gasteiger partial charge in [-0.3, -0.25) is 9.80 Å². The fourth-order valence-corrected chi connectivity index (χ4v) is 4.78. The SMILES string of the molecule is CC[C@H]([C@@H](C)OC(=O)N1C(C)(C)COC1(C)C)N(Cc1ccccc1)Cc1ccccc1. The maximum absolute atomic E-state index is 13.3. The molecule has 0 aromatic heterocycles. The van der Waals surface area contributed by atoms with Gasteiger partial charge in [0, 0.05) is 19.1 Å². The van der Waals surface area contributed by atoms with E-state index in [4.69, 9.17) is 9.47 Å². The highest BCUT2D eigenvalue weighted by Crippen LogP contribution is 2.35. The van der Waals surface area contributed by atoms with Gasteiger partial charge in [0.2, 0.25) is 0 Å². The molecule has 2 atom stereocenters. The van der Waals surface area contributed by atoms with Crippen LogP contribution in [0.15, 0.2) is 60.7 Å². The highest BCUT2D eigenvalue weighted by Gasteiger charge is 2.50. The zero-order valence-corrected chi connectivity index (χ0v) is 20.4. The van der Waals surface area contributed by atoms with E-state index in [0.29, 0.717) is 6.61 Å². The Balaban J connectivity index is 1.79. The van der Waals surface area contributed by atoms with E-state index >= 15 is 0 Å². The van der Waals surface area contributed by atoms with Gasteiger partial charge < -0.3 is 9.47 Å². The molecule has 0 unspecified atom stereocenters. The molecule has 3 rings (SSSR count). The zero-order chi connectivity index (χ0) is 23.4. The Hall–Kier alpha value is -2.37. The van der Waals surface area contributed by atoms with Crippen molar-refractivity contribution in [1.82, 2.24) is 9.80 Å². The molecule has 1 aliphatic heterocycles. The Labute approximate surface area is 193 Å². The van der Waals surface area contributed by atoms with E-state index in [1.165, 1.54) is 11.1 Å². The Morgan fingerprint density at radius 1 is 1.00 bits per heavy atom. The maximum atomic E-state index is 13.3. The smallest absolute Gasteiger partial charge is 0.412 e. The second kappa shape index (κ2) is 10.1.